The lowest BCUT2D eigenvalue weighted by Crippen LogP contribution is -2.20. The first-order valence-electron chi connectivity index (χ1n) is 6.74. The molecule has 1 atom stereocenters. The molecule has 1 aliphatic carbocycles. The highest BCUT2D eigenvalue weighted by atomic mass is 32.2. The Balaban J connectivity index is 2.11. The molecule has 5 nitrogen and oxygen atoms in total. The highest BCUT2D eigenvalue weighted by Crippen LogP contribution is 2.36. The standard InChI is InChI=1S/C17H12O5S/c1-9-2-4-10(5-3-9)23(22)14-8-13(20)15-11(18)6-7-12(19)16(15)17(14)21/h2-8,18-19H,1H3. The van der Waals surface area contributed by atoms with Gasteiger partial charge in [-0.05, 0) is 31.2 Å². The second kappa shape index (κ2) is 5.48. The van der Waals surface area contributed by atoms with Crippen molar-refractivity contribution in [2.75, 3.05) is 0 Å². The molecular formula is C17H12O5S. The molecule has 1 aliphatic rings. The van der Waals surface area contributed by atoms with E-state index in [1.807, 2.05) is 6.92 Å². The van der Waals surface area contributed by atoms with Crippen molar-refractivity contribution < 1.29 is 24.0 Å². The second-order valence-corrected chi connectivity index (χ2v) is 6.59. The molecule has 0 spiro atoms. The Labute approximate surface area is 134 Å². The molecule has 0 aliphatic heterocycles. The summed E-state index contributed by atoms with van der Waals surface area (Å²) in [4.78, 5) is 24.9. The van der Waals surface area contributed by atoms with E-state index < -0.39 is 33.9 Å². The molecule has 0 bridgehead atoms. The Bertz CT molecular complexity index is 894. The van der Waals surface area contributed by atoms with Gasteiger partial charge in [0.05, 0.1) is 26.8 Å². The highest BCUT2D eigenvalue weighted by Gasteiger charge is 2.33. The number of ketones is 2. The number of hydrogen-bond donors (Lipinski definition) is 2. The molecule has 0 fully saturated rings. The van der Waals surface area contributed by atoms with E-state index in [0.29, 0.717) is 4.90 Å². The zero-order chi connectivity index (χ0) is 16.7. The summed E-state index contributed by atoms with van der Waals surface area (Å²) in [5, 5.41) is 19.6. The van der Waals surface area contributed by atoms with E-state index in [2.05, 4.69) is 0 Å². The van der Waals surface area contributed by atoms with Crippen LogP contribution in [0.25, 0.3) is 0 Å². The molecule has 0 aromatic heterocycles. The first-order chi connectivity index (χ1) is 10.9. The van der Waals surface area contributed by atoms with Gasteiger partial charge in [-0.3, -0.25) is 9.59 Å². The molecule has 0 saturated heterocycles. The summed E-state index contributed by atoms with van der Waals surface area (Å²) in [6.45, 7) is 1.87. The fourth-order valence-electron chi connectivity index (χ4n) is 2.37. The van der Waals surface area contributed by atoms with Crippen molar-refractivity contribution in [1.29, 1.82) is 0 Å². The second-order valence-electron chi connectivity index (χ2n) is 5.14. The minimum atomic E-state index is -1.85. The number of phenols is 2. The van der Waals surface area contributed by atoms with Crippen LogP contribution in [0.5, 0.6) is 11.5 Å². The molecule has 2 N–H and O–H groups in total. The zero-order valence-corrected chi connectivity index (χ0v) is 12.9. The van der Waals surface area contributed by atoms with Crippen LogP contribution in [0, 0.1) is 6.92 Å². The lowest BCUT2D eigenvalue weighted by Gasteiger charge is -2.16. The minimum Gasteiger partial charge on any atom is -0.507 e. The molecule has 0 amide bonds. The van der Waals surface area contributed by atoms with Gasteiger partial charge in [-0.2, -0.15) is 0 Å². The van der Waals surface area contributed by atoms with Gasteiger partial charge in [-0.15, -0.1) is 0 Å². The van der Waals surface area contributed by atoms with Crippen molar-refractivity contribution >= 4 is 22.4 Å². The van der Waals surface area contributed by atoms with Gasteiger partial charge in [0.25, 0.3) is 0 Å². The summed E-state index contributed by atoms with van der Waals surface area (Å²) in [5.74, 6) is -2.22. The molecule has 2 aromatic carbocycles. The molecule has 23 heavy (non-hydrogen) atoms. The number of allylic oxidation sites excluding steroid dienone is 2. The number of fused-ring (bicyclic) bond motifs is 1. The number of phenolic OH excluding ortho intramolecular Hbond substituents is 2. The van der Waals surface area contributed by atoms with Gasteiger partial charge in [-0.25, -0.2) is 4.21 Å². The van der Waals surface area contributed by atoms with Crippen LogP contribution in [0.15, 0.2) is 52.3 Å². The van der Waals surface area contributed by atoms with E-state index in [9.17, 15) is 24.0 Å². The monoisotopic (exact) mass is 328 g/mol. The van der Waals surface area contributed by atoms with Crippen LogP contribution in [-0.4, -0.2) is 26.0 Å². The van der Waals surface area contributed by atoms with Gasteiger partial charge in [-0.1, -0.05) is 17.7 Å². The van der Waals surface area contributed by atoms with Gasteiger partial charge in [0.2, 0.25) is 5.78 Å². The molecule has 0 radical (unpaired) electrons. The van der Waals surface area contributed by atoms with Crippen LogP contribution in [0.2, 0.25) is 0 Å². The molecule has 6 heteroatoms. The number of aryl methyl sites for hydroxylation is 1. The number of Topliss-reactive ketones (excluding diaryl/α,β-unsaturated/α-hetero) is 1. The largest absolute Gasteiger partial charge is 0.507 e. The third-order valence-corrected chi connectivity index (χ3v) is 4.96. The van der Waals surface area contributed by atoms with Crippen LogP contribution >= 0.6 is 0 Å². The molecule has 3 rings (SSSR count). The van der Waals surface area contributed by atoms with Gasteiger partial charge >= 0.3 is 0 Å². The van der Waals surface area contributed by atoms with Crippen molar-refractivity contribution in [2.24, 2.45) is 0 Å². The zero-order valence-electron chi connectivity index (χ0n) is 12.1. The number of rotatable bonds is 2. The normalized spacial score (nSPS) is 15.1. The van der Waals surface area contributed by atoms with Crippen LogP contribution in [0.3, 0.4) is 0 Å². The summed E-state index contributed by atoms with van der Waals surface area (Å²) in [6, 6.07) is 8.98. The van der Waals surface area contributed by atoms with E-state index in [1.165, 1.54) is 0 Å². The first-order valence-corrected chi connectivity index (χ1v) is 7.89. The first kappa shape index (κ1) is 15.2. The molecule has 116 valence electrons. The number of carbonyl (C=O) groups excluding carboxylic acids is 2. The smallest absolute Gasteiger partial charge is 0.207 e. The lowest BCUT2D eigenvalue weighted by atomic mass is 9.93. The lowest BCUT2D eigenvalue weighted by molar-refractivity contribution is 0.0986. The van der Waals surface area contributed by atoms with Crippen molar-refractivity contribution in [1.82, 2.24) is 0 Å². The Morgan fingerprint density at radius 3 is 2.04 bits per heavy atom. The molecule has 0 saturated carbocycles. The Morgan fingerprint density at radius 1 is 0.870 bits per heavy atom. The average molecular weight is 328 g/mol. The third kappa shape index (κ3) is 2.47. The predicted molar refractivity (Wildman–Crippen MR) is 84.1 cm³/mol. The summed E-state index contributed by atoms with van der Waals surface area (Å²) in [7, 11) is -1.85. The van der Waals surface area contributed by atoms with Crippen LogP contribution in [0.4, 0.5) is 0 Å². The number of hydrogen-bond acceptors (Lipinski definition) is 5. The Morgan fingerprint density at radius 2 is 1.43 bits per heavy atom. The van der Waals surface area contributed by atoms with Crippen molar-refractivity contribution in [3.63, 3.8) is 0 Å². The topological polar surface area (TPSA) is 91.7 Å². The molecule has 2 aromatic rings. The highest BCUT2D eigenvalue weighted by molar-refractivity contribution is 7.90. The van der Waals surface area contributed by atoms with Crippen LogP contribution in [-0.2, 0) is 10.8 Å². The Kier molecular flexibility index (Phi) is 3.61. The van der Waals surface area contributed by atoms with Crippen molar-refractivity contribution in [3.05, 3.63) is 64.1 Å². The van der Waals surface area contributed by atoms with E-state index in [4.69, 9.17) is 0 Å². The summed E-state index contributed by atoms with van der Waals surface area (Å²) < 4.78 is 12.6. The number of aromatic hydroxyl groups is 2. The summed E-state index contributed by atoms with van der Waals surface area (Å²) >= 11 is 0. The summed E-state index contributed by atoms with van der Waals surface area (Å²) in [6.07, 6.45) is 0.958. The quantitative estimate of drug-likeness (QED) is 0.826. The van der Waals surface area contributed by atoms with Gasteiger partial charge in [0.1, 0.15) is 11.5 Å². The minimum absolute atomic E-state index is 0.216. The van der Waals surface area contributed by atoms with E-state index in [1.54, 1.807) is 24.3 Å². The Hall–Kier alpha value is -2.73. The van der Waals surface area contributed by atoms with Gasteiger partial charge in [0, 0.05) is 11.0 Å². The predicted octanol–water partition coefficient (Wildman–Crippen LogP) is 2.48. The fourth-order valence-corrected chi connectivity index (χ4v) is 3.49. The van der Waals surface area contributed by atoms with Gasteiger partial charge in [0.15, 0.2) is 5.78 Å². The van der Waals surface area contributed by atoms with Crippen LogP contribution < -0.4 is 0 Å². The average Bonchev–Trinajstić information content (AvgIpc) is 2.53. The molecule has 1 unspecified atom stereocenters. The maximum absolute atomic E-state index is 12.6. The van der Waals surface area contributed by atoms with Crippen LogP contribution in [0.1, 0.15) is 26.3 Å². The molecular weight excluding hydrogens is 316 g/mol. The van der Waals surface area contributed by atoms with Crippen molar-refractivity contribution in [2.45, 2.75) is 11.8 Å². The maximum atomic E-state index is 12.6. The maximum Gasteiger partial charge on any atom is 0.207 e. The van der Waals surface area contributed by atoms with E-state index in [0.717, 1.165) is 23.8 Å². The van der Waals surface area contributed by atoms with Gasteiger partial charge < -0.3 is 10.2 Å². The van der Waals surface area contributed by atoms with Crippen molar-refractivity contribution in [3.8, 4) is 11.5 Å². The SMILES string of the molecule is Cc1ccc(S(=O)C2=CC(=O)c3c(O)ccc(O)c3C2=O)cc1. The number of carbonyl (C=O) groups is 2. The van der Waals surface area contributed by atoms with E-state index >= 15 is 0 Å². The molecule has 0 heterocycles. The fraction of sp³-hybridized carbons (Fsp3) is 0.0588. The number of benzene rings is 2. The third-order valence-electron chi connectivity index (χ3n) is 3.56. The van der Waals surface area contributed by atoms with E-state index in [-0.39, 0.29) is 16.0 Å². The summed E-state index contributed by atoms with van der Waals surface area (Å²) in [5.41, 5.74) is 0.395.